The van der Waals surface area contributed by atoms with E-state index in [-0.39, 0.29) is 11.4 Å². The first-order chi connectivity index (χ1) is 10.1. The van der Waals surface area contributed by atoms with E-state index in [4.69, 9.17) is 5.11 Å². The molecule has 8 heteroatoms. The fourth-order valence-corrected chi connectivity index (χ4v) is 1.54. The highest BCUT2D eigenvalue weighted by atomic mass is 16.4. The second-order valence-electron chi connectivity index (χ2n) is 4.05. The molecule has 0 spiro atoms. The molecule has 0 fully saturated rings. The van der Waals surface area contributed by atoms with Crippen molar-refractivity contribution >= 4 is 23.5 Å². The predicted octanol–water partition coefficient (Wildman–Crippen LogP) is 0.476. The minimum absolute atomic E-state index is 0.146. The number of anilines is 1. The molecule has 2 rings (SSSR count). The number of aliphatic carboxylic acids is 1. The van der Waals surface area contributed by atoms with Gasteiger partial charge in [-0.05, 0) is 18.2 Å². The Balaban J connectivity index is 1.98. The van der Waals surface area contributed by atoms with Crippen LogP contribution in [-0.4, -0.2) is 39.4 Å². The molecule has 2 aromatic heterocycles. The van der Waals surface area contributed by atoms with Crippen molar-refractivity contribution in [3.8, 4) is 0 Å². The Labute approximate surface area is 119 Å². The molecule has 2 amide bonds. The van der Waals surface area contributed by atoms with Gasteiger partial charge >= 0.3 is 5.97 Å². The van der Waals surface area contributed by atoms with Crippen molar-refractivity contribution in [1.29, 1.82) is 0 Å². The summed E-state index contributed by atoms with van der Waals surface area (Å²) in [5.74, 6) is -2.12. The van der Waals surface area contributed by atoms with E-state index in [0.29, 0.717) is 5.69 Å². The smallest absolute Gasteiger partial charge is 0.322 e. The number of hydrogen-bond donors (Lipinski definition) is 4. The molecule has 2 heterocycles. The highest BCUT2D eigenvalue weighted by Crippen LogP contribution is 2.10. The van der Waals surface area contributed by atoms with Crippen molar-refractivity contribution in [2.45, 2.75) is 0 Å². The molecule has 0 atom stereocenters. The van der Waals surface area contributed by atoms with Crippen LogP contribution in [0.15, 0.2) is 36.7 Å². The van der Waals surface area contributed by atoms with E-state index in [1.807, 2.05) is 0 Å². The van der Waals surface area contributed by atoms with Crippen LogP contribution in [0.3, 0.4) is 0 Å². The van der Waals surface area contributed by atoms with Gasteiger partial charge in [-0.1, -0.05) is 6.07 Å². The number of carboxylic acid groups (broad SMARTS) is 1. The third-order valence-corrected chi connectivity index (χ3v) is 2.48. The van der Waals surface area contributed by atoms with Gasteiger partial charge in [-0.25, -0.2) is 0 Å². The lowest BCUT2D eigenvalue weighted by Gasteiger charge is -2.01. The number of aromatic amines is 1. The SMILES string of the molecule is O=C(O)CNC(=O)c1cc(NC(=O)c2ccccn2)c[nH]1. The topological polar surface area (TPSA) is 124 Å². The third kappa shape index (κ3) is 3.90. The first-order valence-corrected chi connectivity index (χ1v) is 5.97. The first-order valence-electron chi connectivity index (χ1n) is 5.97. The largest absolute Gasteiger partial charge is 0.480 e. The zero-order valence-electron chi connectivity index (χ0n) is 10.8. The molecule has 0 aliphatic carbocycles. The summed E-state index contributed by atoms with van der Waals surface area (Å²) in [4.78, 5) is 40.3. The van der Waals surface area contributed by atoms with Gasteiger partial charge in [0.25, 0.3) is 11.8 Å². The van der Waals surface area contributed by atoms with Gasteiger partial charge in [0.2, 0.25) is 0 Å². The Morgan fingerprint density at radius 2 is 2.05 bits per heavy atom. The number of amides is 2. The second-order valence-corrected chi connectivity index (χ2v) is 4.05. The molecule has 108 valence electrons. The Morgan fingerprint density at radius 3 is 2.71 bits per heavy atom. The second kappa shape index (κ2) is 6.33. The van der Waals surface area contributed by atoms with Crippen molar-refractivity contribution in [3.05, 3.63) is 48.0 Å². The van der Waals surface area contributed by atoms with Crippen molar-refractivity contribution in [2.24, 2.45) is 0 Å². The molecule has 0 radical (unpaired) electrons. The number of aromatic nitrogens is 2. The molecule has 0 saturated carbocycles. The molecule has 0 aromatic carbocycles. The fraction of sp³-hybridized carbons (Fsp3) is 0.0769. The van der Waals surface area contributed by atoms with E-state index >= 15 is 0 Å². The number of carbonyl (C=O) groups is 3. The number of nitrogens with one attached hydrogen (secondary N) is 3. The van der Waals surface area contributed by atoms with E-state index in [1.54, 1.807) is 18.2 Å². The van der Waals surface area contributed by atoms with Gasteiger partial charge in [-0.2, -0.15) is 0 Å². The quantitative estimate of drug-likeness (QED) is 0.637. The normalized spacial score (nSPS) is 9.90. The Kier molecular flexibility index (Phi) is 4.30. The van der Waals surface area contributed by atoms with Gasteiger partial charge in [0.15, 0.2) is 0 Å². The Morgan fingerprint density at radius 1 is 1.24 bits per heavy atom. The molecular formula is C13H12N4O4. The molecule has 0 aliphatic heterocycles. The van der Waals surface area contributed by atoms with Gasteiger partial charge < -0.3 is 20.7 Å². The zero-order valence-corrected chi connectivity index (χ0v) is 10.8. The number of carbonyl (C=O) groups excluding carboxylic acids is 2. The average Bonchev–Trinajstić information content (AvgIpc) is 2.94. The van der Waals surface area contributed by atoms with Crippen molar-refractivity contribution in [3.63, 3.8) is 0 Å². The van der Waals surface area contributed by atoms with E-state index in [1.165, 1.54) is 18.5 Å². The molecule has 8 nitrogen and oxygen atoms in total. The van der Waals surface area contributed by atoms with E-state index in [9.17, 15) is 14.4 Å². The summed E-state index contributed by atoms with van der Waals surface area (Å²) in [6.07, 6.45) is 2.92. The third-order valence-electron chi connectivity index (χ3n) is 2.48. The first kappa shape index (κ1) is 14.3. The van der Waals surface area contributed by atoms with Crippen LogP contribution in [0.5, 0.6) is 0 Å². The van der Waals surface area contributed by atoms with Crippen molar-refractivity contribution in [2.75, 3.05) is 11.9 Å². The van der Waals surface area contributed by atoms with Gasteiger partial charge in [-0.15, -0.1) is 0 Å². The predicted molar refractivity (Wildman–Crippen MR) is 73.0 cm³/mol. The maximum absolute atomic E-state index is 11.8. The van der Waals surface area contributed by atoms with Crippen LogP contribution in [-0.2, 0) is 4.79 Å². The number of nitrogens with zero attached hydrogens (tertiary/aromatic N) is 1. The van der Waals surface area contributed by atoms with Crippen LogP contribution in [0.1, 0.15) is 21.0 Å². The summed E-state index contributed by atoms with van der Waals surface area (Å²) in [7, 11) is 0. The average molecular weight is 288 g/mol. The fourth-order valence-electron chi connectivity index (χ4n) is 1.54. The summed E-state index contributed by atoms with van der Waals surface area (Å²) < 4.78 is 0. The van der Waals surface area contributed by atoms with Crippen molar-refractivity contribution in [1.82, 2.24) is 15.3 Å². The van der Waals surface area contributed by atoms with Crippen LogP contribution >= 0.6 is 0 Å². The number of pyridine rings is 1. The number of carboxylic acids is 1. The highest BCUT2D eigenvalue weighted by Gasteiger charge is 2.12. The summed E-state index contributed by atoms with van der Waals surface area (Å²) >= 11 is 0. The van der Waals surface area contributed by atoms with Crippen LogP contribution < -0.4 is 10.6 Å². The summed E-state index contributed by atoms with van der Waals surface area (Å²) in [6.45, 7) is -0.479. The number of H-pyrrole nitrogens is 1. The number of hydrogen-bond acceptors (Lipinski definition) is 4. The summed E-state index contributed by atoms with van der Waals surface area (Å²) in [5, 5.41) is 13.2. The lowest BCUT2D eigenvalue weighted by molar-refractivity contribution is -0.135. The molecular weight excluding hydrogens is 276 g/mol. The van der Waals surface area contributed by atoms with E-state index in [0.717, 1.165) is 0 Å². The monoisotopic (exact) mass is 288 g/mol. The van der Waals surface area contributed by atoms with E-state index in [2.05, 4.69) is 20.6 Å². The Bertz CT molecular complexity index is 666. The minimum atomic E-state index is -1.14. The summed E-state index contributed by atoms with van der Waals surface area (Å²) in [5.41, 5.74) is 0.772. The van der Waals surface area contributed by atoms with Gasteiger partial charge in [0.1, 0.15) is 17.9 Å². The van der Waals surface area contributed by atoms with Crippen LogP contribution in [0.2, 0.25) is 0 Å². The van der Waals surface area contributed by atoms with Gasteiger partial charge in [0.05, 0.1) is 5.69 Å². The lowest BCUT2D eigenvalue weighted by Crippen LogP contribution is -2.29. The van der Waals surface area contributed by atoms with Gasteiger partial charge in [-0.3, -0.25) is 19.4 Å². The van der Waals surface area contributed by atoms with Crippen molar-refractivity contribution < 1.29 is 19.5 Å². The van der Waals surface area contributed by atoms with E-state index < -0.39 is 24.3 Å². The molecule has 0 saturated heterocycles. The van der Waals surface area contributed by atoms with Crippen LogP contribution in [0.25, 0.3) is 0 Å². The lowest BCUT2D eigenvalue weighted by atomic mass is 10.3. The highest BCUT2D eigenvalue weighted by molar-refractivity contribution is 6.03. The molecule has 2 aromatic rings. The zero-order chi connectivity index (χ0) is 15.2. The summed E-state index contributed by atoms with van der Waals surface area (Å²) in [6, 6.07) is 6.34. The standard InChI is InChI=1S/C13H12N4O4/c18-11(19)7-16-12(20)10-5-8(6-15-10)17-13(21)9-3-1-2-4-14-9/h1-6,15H,7H2,(H,16,20)(H,17,21)(H,18,19). The Hall–Kier alpha value is -3.16. The molecule has 21 heavy (non-hydrogen) atoms. The van der Waals surface area contributed by atoms with Crippen LogP contribution in [0.4, 0.5) is 5.69 Å². The van der Waals surface area contributed by atoms with Gasteiger partial charge in [0, 0.05) is 12.4 Å². The molecule has 0 bridgehead atoms. The molecule has 0 unspecified atom stereocenters. The number of rotatable bonds is 5. The molecule has 0 aliphatic rings. The maximum Gasteiger partial charge on any atom is 0.322 e. The van der Waals surface area contributed by atoms with Crippen LogP contribution in [0, 0.1) is 0 Å². The maximum atomic E-state index is 11.8. The molecule has 4 N–H and O–H groups in total. The minimum Gasteiger partial charge on any atom is -0.480 e.